The first-order valence-corrected chi connectivity index (χ1v) is 15.1. The first kappa shape index (κ1) is 33.1. The second kappa shape index (κ2) is 13.2. The first-order valence-electron chi connectivity index (χ1n) is 15.1. The summed E-state index contributed by atoms with van der Waals surface area (Å²) >= 11 is 0. The topological polar surface area (TPSA) is 139 Å². The molecule has 0 aliphatic carbocycles. The van der Waals surface area contributed by atoms with Gasteiger partial charge in [0.25, 0.3) is 0 Å². The molecule has 3 aliphatic heterocycles. The first-order chi connectivity index (χ1) is 21.3. The summed E-state index contributed by atoms with van der Waals surface area (Å²) in [6.07, 6.45) is -1.79. The van der Waals surface area contributed by atoms with Gasteiger partial charge in [-0.3, -0.25) is 4.79 Å². The Morgan fingerprint density at radius 2 is 1.80 bits per heavy atom. The lowest BCUT2D eigenvalue weighted by molar-refractivity contribution is -0.217. The highest BCUT2D eigenvalue weighted by molar-refractivity contribution is 5.77. The van der Waals surface area contributed by atoms with E-state index < -0.39 is 66.7 Å². The number of carbonyl (C=O) groups is 2. The van der Waals surface area contributed by atoms with Crippen LogP contribution in [0.5, 0.6) is 0 Å². The molecule has 1 aromatic heterocycles. The molecule has 3 aliphatic rings. The third-order valence-corrected chi connectivity index (χ3v) is 8.67. The fourth-order valence-electron chi connectivity index (χ4n) is 6.43. The van der Waals surface area contributed by atoms with Crippen molar-refractivity contribution in [3.8, 4) is 11.3 Å². The zero-order valence-corrected chi connectivity index (χ0v) is 25.7. The van der Waals surface area contributed by atoms with Gasteiger partial charge in [-0.2, -0.15) is 0 Å². The van der Waals surface area contributed by atoms with E-state index in [4.69, 9.17) is 14.2 Å². The number of amides is 2. The largest absolute Gasteiger partial charge is 0.444 e. The molecule has 3 fully saturated rings. The highest BCUT2D eigenvalue weighted by Gasteiger charge is 2.49. The highest BCUT2D eigenvalue weighted by atomic mass is 19.2. The predicted molar refractivity (Wildman–Crippen MR) is 152 cm³/mol. The zero-order chi connectivity index (χ0) is 32.6. The van der Waals surface area contributed by atoms with E-state index in [1.54, 1.807) is 4.90 Å². The van der Waals surface area contributed by atoms with Crippen LogP contribution in [0.1, 0.15) is 52.5 Å². The molecular weight excluding hydrogens is 599 g/mol. The third kappa shape index (κ3) is 7.11. The van der Waals surface area contributed by atoms with Crippen molar-refractivity contribution >= 4 is 12.0 Å². The van der Waals surface area contributed by atoms with Gasteiger partial charge in [0.1, 0.15) is 36.2 Å². The molecule has 5 rings (SSSR count). The summed E-state index contributed by atoms with van der Waals surface area (Å²) in [5.41, 5.74) is -0.154. The summed E-state index contributed by atoms with van der Waals surface area (Å²) in [5, 5.41) is 29.1. The number of hydrogen-bond acceptors (Lipinski definition) is 9. The Morgan fingerprint density at radius 3 is 2.40 bits per heavy atom. The number of cyclic esters (lactones) is 1. The van der Waals surface area contributed by atoms with Crippen LogP contribution in [0.2, 0.25) is 0 Å². The molecule has 0 bridgehead atoms. The van der Waals surface area contributed by atoms with E-state index in [9.17, 15) is 33.0 Å². The molecule has 1 aromatic carbocycles. The summed E-state index contributed by atoms with van der Waals surface area (Å²) in [6.45, 7) is 6.94. The summed E-state index contributed by atoms with van der Waals surface area (Å²) < 4.78 is 59.9. The summed E-state index contributed by atoms with van der Waals surface area (Å²) in [4.78, 5) is 29.1. The Bertz CT molecular complexity index is 1360. The highest BCUT2D eigenvalue weighted by Crippen LogP contribution is 2.36. The number of aliphatic hydroxyl groups is 2. The van der Waals surface area contributed by atoms with Crippen LogP contribution in [0.4, 0.5) is 18.0 Å². The van der Waals surface area contributed by atoms with Gasteiger partial charge >= 0.3 is 6.09 Å². The third-order valence-electron chi connectivity index (χ3n) is 8.67. The van der Waals surface area contributed by atoms with Gasteiger partial charge in [-0.1, -0.05) is 26.0 Å². The molecule has 6 atom stereocenters. The molecule has 0 radical (unpaired) electrons. The molecular formula is C30H40F3N5O7. The molecule has 15 heteroatoms. The maximum Gasteiger partial charge on any atom is 0.410 e. The van der Waals surface area contributed by atoms with Crippen molar-refractivity contribution in [2.75, 3.05) is 33.4 Å². The zero-order valence-electron chi connectivity index (χ0n) is 25.7. The maximum absolute atomic E-state index is 13.9. The quantitative estimate of drug-likeness (QED) is 0.418. The molecule has 0 saturated carbocycles. The number of aliphatic hydroxyl groups excluding tert-OH is 2. The van der Waals surface area contributed by atoms with Gasteiger partial charge in [0, 0.05) is 44.6 Å². The molecule has 12 nitrogen and oxygen atoms in total. The molecule has 3 saturated heterocycles. The molecule has 2 aromatic rings. The van der Waals surface area contributed by atoms with E-state index >= 15 is 0 Å². The number of aromatic nitrogens is 3. The van der Waals surface area contributed by atoms with Gasteiger partial charge in [-0.15, -0.1) is 5.10 Å². The van der Waals surface area contributed by atoms with Crippen molar-refractivity contribution in [2.24, 2.45) is 5.41 Å². The lowest BCUT2D eigenvalue weighted by Gasteiger charge is -2.44. The monoisotopic (exact) mass is 639 g/mol. The normalized spacial score (nSPS) is 28.1. The number of methoxy groups -OCH3 is 1. The molecule has 2 amide bonds. The van der Waals surface area contributed by atoms with Gasteiger partial charge in [0.15, 0.2) is 17.5 Å². The second-order valence-electron chi connectivity index (χ2n) is 13.2. The van der Waals surface area contributed by atoms with Crippen molar-refractivity contribution in [3.05, 3.63) is 35.8 Å². The van der Waals surface area contributed by atoms with Crippen LogP contribution in [0.15, 0.2) is 18.3 Å². The molecule has 45 heavy (non-hydrogen) atoms. The van der Waals surface area contributed by atoms with Crippen LogP contribution in [0.25, 0.3) is 11.3 Å². The number of nitrogens with zero attached hydrogens (tertiary/aromatic N) is 5. The number of likely N-dealkylation sites (tertiary alicyclic amines) is 1. The summed E-state index contributed by atoms with van der Waals surface area (Å²) in [7, 11) is 1.41. The average Bonchev–Trinajstić information content (AvgIpc) is 3.62. The predicted octanol–water partition coefficient (Wildman–Crippen LogP) is 2.68. The Morgan fingerprint density at radius 1 is 1.13 bits per heavy atom. The summed E-state index contributed by atoms with van der Waals surface area (Å²) in [6, 6.07) is 0.536. The number of rotatable bonds is 8. The maximum atomic E-state index is 13.9. The van der Waals surface area contributed by atoms with Crippen molar-refractivity contribution in [1.29, 1.82) is 0 Å². The minimum Gasteiger partial charge on any atom is -0.444 e. The molecule has 2 N–H and O–H groups in total. The molecule has 0 spiro atoms. The van der Waals surface area contributed by atoms with Crippen molar-refractivity contribution in [1.82, 2.24) is 24.8 Å². The Kier molecular flexibility index (Phi) is 9.73. The van der Waals surface area contributed by atoms with Crippen LogP contribution in [-0.2, 0) is 19.0 Å². The van der Waals surface area contributed by atoms with E-state index in [1.807, 2.05) is 25.7 Å². The standard InChI is InChI=1S/C30H40F3N5O7/c1-30(2,3)12-24(40)36-7-5-17(6-8-36)37-13-18(44-29(37)42)11-22-28(43-4)26(27(41)23(15-39)45-22)38-14-21(34-35-38)16-9-19(31)25(33)20(32)10-16/h9-10,14,17-18,22-23,26-28,39,41H,5-8,11-13,15H2,1-4H3/t18?,22-,23-,26+,27+,28+/m1/s1. The minimum atomic E-state index is -1.61. The van der Waals surface area contributed by atoms with E-state index in [0.29, 0.717) is 38.9 Å². The number of ether oxygens (including phenoxy) is 3. The fraction of sp³-hybridized carbons (Fsp3) is 0.667. The van der Waals surface area contributed by atoms with E-state index in [0.717, 1.165) is 12.1 Å². The van der Waals surface area contributed by atoms with Gasteiger partial charge in [0.2, 0.25) is 5.91 Å². The van der Waals surface area contributed by atoms with Crippen molar-refractivity contribution in [2.45, 2.75) is 89.1 Å². The number of halogens is 3. The van der Waals surface area contributed by atoms with Crippen molar-refractivity contribution in [3.63, 3.8) is 0 Å². The molecule has 4 heterocycles. The number of hydrogen-bond donors (Lipinski definition) is 2. The van der Waals surface area contributed by atoms with Gasteiger partial charge in [-0.05, 0) is 30.4 Å². The van der Waals surface area contributed by atoms with Crippen LogP contribution in [0, 0.1) is 22.9 Å². The fourth-order valence-corrected chi connectivity index (χ4v) is 6.43. The van der Waals surface area contributed by atoms with E-state index in [-0.39, 0.29) is 35.0 Å². The van der Waals surface area contributed by atoms with Gasteiger partial charge in [-0.25, -0.2) is 22.6 Å². The van der Waals surface area contributed by atoms with Crippen molar-refractivity contribution < 1.29 is 47.2 Å². The van der Waals surface area contributed by atoms with Crippen LogP contribution in [-0.4, -0.2) is 117 Å². The number of benzene rings is 1. The summed E-state index contributed by atoms with van der Waals surface area (Å²) in [5.74, 6) is -4.28. The lowest BCUT2D eigenvalue weighted by atomic mass is 9.89. The lowest BCUT2D eigenvalue weighted by Crippen LogP contribution is -2.57. The van der Waals surface area contributed by atoms with E-state index in [2.05, 4.69) is 10.3 Å². The Labute approximate surface area is 259 Å². The smallest absolute Gasteiger partial charge is 0.410 e. The van der Waals surface area contributed by atoms with Gasteiger partial charge in [0.05, 0.1) is 25.5 Å². The average molecular weight is 640 g/mol. The molecule has 248 valence electrons. The second-order valence-corrected chi connectivity index (χ2v) is 13.2. The van der Waals surface area contributed by atoms with Crippen LogP contribution in [0.3, 0.4) is 0 Å². The van der Waals surface area contributed by atoms with Crippen LogP contribution >= 0.6 is 0 Å². The Balaban J connectivity index is 1.26. The Hall–Kier alpha value is -3.27. The van der Waals surface area contributed by atoms with E-state index in [1.165, 1.54) is 18.0 Å². The number of piperidine rings is 1. The SMILES string of the molecule is CO[C@@H]1[C@@H](n2cc(-c3cc(F)c(F)c(F)c3)nn2)[C@@H](O)[C@@H](CO)O[C@@H]1CC1CN(C2CCN(C(=O)CC(C)(C)C)CC2)C(=O)O1. The number of carbonyl (C=O) groups excluding carboxylic acids is 2. The molecule has 1 unspecified atom stereocenters. The van der Waals surface area contributed by atoms with Crippen LogP contribution < -0.4 is 0 Å². The van der Waals surface area contributed by atoms with Gasteiger partial charge < -0.3 is 34.2 Å². The minimum absolute atomic E-state index is 0.0185.